The van der Waals surface area contributed by atoms with Crippen LogP contribution in [0.3, 0.4) is 0 Å². The molecule has 27 heavy (non-hydrogen) atoms. The average Bonchev–Trinajstić information content (AvgIpc) is 2.82. The van der Waals surface area contributed by atoms with Gasteiger partial charge in [0.25, 0.3) is 0 Å². The zero-order valence-electron chi connectivity index (χ0n) is 15.6. The van der Waals surface area contributed by atoms with Crippen LogP contribution in [-0.4, -0.2) is 45.6 Å². The maximum Gasteiger partial charge on any atom is 0.234 e. The number of aliphatic hydroxyl groups is 1. The molecule has 2 atom stereocenters. The lowest BCUT2D eigenvalue weighted by Gasteiger charge is -2.43. The van der Waals surface area contributed by atoms with Gasteiger partial charge in [-0.2, -0.15) is 0 Å². The number of carbonyl (C=O) groups is 3. The van der Waals surface area contributed by atoms with Crippen LogP contribution in [-0.2, 0) is 19.7 Å². The van der Waals surface area contributed by atoms with E-state index in [1.54, 1.807) is 0 Å². The van der Waals surface area contributed by atoms with Crippen LogP contribution in [0.15, 0.2) is 11.3 Å². The number of hydrogen-bond donors (Lipinski definition) is 3. The monoisotopic (exact) mass is 376 g/mol. The summed E-state index contributed by atoms with van der Waals surface area (Å²) in [7, 11) is 1.25. The van der Waals surface area contributed by atoms with Crippen molar-refractivity contribution in [1.82, 2.24) is 0 Å². The Bertz CT molecular complexity index is 957. The van der Waals surface area contributed by atoms with Gasteiger partial charge in [0.1, 0.15) is 34.0 Å². The molecule has 1 aromatic carbocycles. The molecule has 0 spiro atoms. The standard InChI is InChI=1S/C19H20O8/c1-7-14(23)12(9(3)21)16-13(15(7)24)18(4)17(25)11(8(2)20)10(22)6-19(18,26-5)27-16/h23-25H,6H2,1-5H3/t18-,19+/m1/s1. The van der Waals surface area contributed by atoms with Crippen LogP contribution in [0.1, 0.15) is 48.7 Å². The fraction of sp³-hybridized carbons (Fsp3) is 0.421. The van der Waals surface area contributed by atoms with Gasteiger partial charge in [0, 0.05) is 12.7 Å². The number of aromatic hydroxyl groups is 2. The van der Waals surface area contributed by atoms with Crippen LogP contribution in [0.2, 0.25) is 0 Å². The van der Waals surface area contributed by atoms with Crippen LogP contribution in [0.4, 0.5) is 0 Å². The molecular weight excluding hydrogens is 356 g/mol. The highest BCUT2D eigenvalue weighted by Gasteiger charge is 2.67. The summed E-state index contributed by atoms with van der Waals surface area (Å²) >= 11 is 0. The average molecular weight is 376 g/mol. The summed E-state index contributed by atoms with van der Waals surface area (Å²) in [4.78, 5) is 36.6. The van der Waals surface area contributed by atoms with Crippen molar-refractivity contribution in [2.24, 2.45) is 0 Å². The highest BCUT2D eigenvalue weighted by molar-refractivity contribution is 6.21. The van der Waals surface area contributed by atoms with E-state index in [2.05, 4.69) is 0 Å². The molecule has 8 nitrogen and oxygen atoms in total. The van der Waals surface area contributed by atoms with E-state index < -0.39 is 57.8 Å². The predicted octanol–water partition coefficient (Wildman–Crippen LogP) is 1.98. The Balaban J connectivity index is 2.52. The lowest BCUT2D eigenvalue weighted by molar-refractivity contribution is -0.199. The zero-order chi connectivity index (χ0) is 20.5. The van der Waals surface area contributed by atoms with Crippen molar-refractivity contribution >= 4 is 17.3 Å². The topological polar surface area (TPSA) is 130 Å². The van der Waals surface area contributed by atoms with E-state index in [1.807, 2.05) is 0 Å². The Morgan fingerprint density at radius 3 is 2.19 bits per heavy atom. The van der Waals surface area contributed by atoms with Gasteiger partial charge in [-0.1, -0.05) is 0 Å². The van der Waals surface area contributed by atoms with Crippen molar-refractivity contribution < 1.29 is 39.2 Å². The number of methoxy groups -OCH3 is 1. The van der Waals surface area contributed by atoms with Gasteiger partial charge in [0.15, 0.2) is 17.3 Å². The molecule has 0 saturated heterocycles. The van der Waals surface area contributed by atoms with E-state index >= 15 is 0 Å². The number of Topliss-reactive ketones (excluding diaryl/α,β-unsaturated/α-hetero) is 3. The van der Waals surface area contributed by atoms with E-state index in [4.69, 9.17) is 9.47 Å². The fourth-order valence-electron chi connectivity index (χ4n) is 4.05. The third-order valence-electron chi connectivity index (χ3n) is 5.58. The lowest BCUT2D eigenvalue weighted by atomic mass is 9.66. The Hall–Kier alpha value is -2.87. The third kappa shape index (κ3) is 2.04. The number of hydrogen-bond acceptors (Lipinski definition) is 8. The molecule has 1 aliphatic heterocycles. The molecule has 144 valence electrons. The minimum absolute atomic E-state index is 0.00440. The molecule has 0 saturated carbocycles. The summed E-state index contributed by atoms with van der Waals surface area (Å²) in [5, 5.41) is 32.0. The number of rotatable bonds is 3. The molecule has 1 heterocycles. The number of allylic oxidation sites excluding steroid dienone is 1. The number of benzene rings is 1. The third-order valence-corrected chi connectivity index (χ3v) is 5.58. The van der Waals surface area contributed by atoms with E-state index in [0.717, 1.165) is 6.92 Å². The van der Waals surface area contributed by atoms with Gasteiger partial charge in [-0.05, 0) is 27.7 Å². The number of ether oxygens (including phenoxy) is 2. The number of fused-ring (bicyclic) bond motifs is 3. The number of ketones is 3. The zero-order valence-corrected chi connectivity index (χ0v) is 15.6. The van der Waals surface area contributed by atoms with Gasteiger partial charge in [0.2, 0.25) is 5.79 Å². The van der Waals surface area contributed by atoms with Gasteiger partial charge in [-0.15, -0.1) is 0 Å². The molecule has 1 aromatic rings. The quantitative estimate of drug-likeness (QED) is 0.539. The Morgan fingerprint density at radius 2 is 1.70 bits per heavy atom. The number of carbonyl (C=O) groups excluding carboxylic acids is 3. The lowest BCUT2D eigenvalue weighted by Crippen LogP contribution is -2.57. The van der Waals surface area contributed by atoms with Crippen LogP contribution < -0.4 is 4.74 Å². The van der Waals surface area contributed by atoms with Gasteiger partial charge in [0.05, 0.1) is 17.6 Å². The summed E-state index contributed by atoms with van der Waals surface area (Å²) in [6.07, 6.45) is -0.426. The molecule has 1 aliphatic carbocycles. The summed E-state index contributed by atoms with van der Waals surface area (Å²) < 4.78 is 11.3. The van der Waals surface area contributed by atoms with Crippen molar-refractivity contribution in [3.8, 4) is 17.2 Å². The van der Waals surface area contributed by atoms with Gasteiger partial charge in [-0.25, -0.2) is 0 Å². The van der Waals surface area contributed by atoms with E-state index in [1.165, 1.54) is 27.9 Å². The number of phenols is 2. The minimum Gasteiger partial charge on any atom is -0.510 e. The molecule has 0 bridgehead atoms. The maximum absolute atomic E-state index is 12.5. The maximum atomic E-state index is 12.5. The second kappa shape index (κ2) is 5.56. The van der Waals surface area contributed by atoms with E-state index in [-0.39, 0.29) is 22.4 Å². The second-order valence-electron chi connectivity index (χ2n) is 7.02. The fourth-order valence-corrected chi connectivity index (χ4v) is 4.05. The molecule has 3 rings (SSSR count). The second-order valence-corrected chi connectivity index (χ2v) is 7.02. The molecule has 8 heteroatoms. The Labute approximate surface area is 155 Å². The predicted molar refractivity (Wildman–Crippen MR) is 92.2 cm³/mol. The molecule has 0 unspecified atom stereocenters. The van der Waals surface area contributed by atoms with Crippen LogP contribution >= 0.6 is 0 Å². The van der Waals surface area contributed by atoms with E-state index in [9.17, 15) is 29.7 Å². The molecule has 0 radical (unpaired) electrons. The molecule has 0 amide bonds. The molecule has 0 aromatic heterocycles. The summed E-state index contributed by atoms with van der Waals surface area (Å²) in [5.41, 5.74) is -2.27. The first-order chi connectivity index (χ1) is 12.4. The molecule has 0 fully saturated rings. The number of aliphatic hydroxyl groups excluding tert-OH is 1. The first kappa shape index (κ1) is 18.9. The summed E-state index contributed by atoms with van der Waals surface area (Å²) in [6, 6.07) is 0. The Morgan fingerprint density at radius 1 is 1.11 bits per heavy atom. The normalized spacial score (nSPS) is 26.5. The molecular formula is C19H20O8. The van der Waals surface area contributed by atoms with Gasteiger partial charge < -0.3 is 24.8 Å². The summed E-state index contributed by atoms with van der Waals surface area (Å²) in [6.45, 7) is 5.20. The van der Waals surface area contributed by atoms with Crippen LogP contribution in [0.25, 0.3) is 0 Å². The number of phenolic OH excluding ortho intramolecular Hbond substituents is 2. The van der Waals surface area contributed by atoms with Crippen molar-refractivity contribution in [2.45, 2.75) is 45.3 Å². The van der Waals surface area contributed by atoms with Crippen LogP contribution in [0.5, 0.6) is 17.2 Å². The molecule has 3 N–H and O–H groups in total. The SMILES string of the molecule is CO[C@]12CC(=O)C(C(C)=O)=C(O)[C@@]1(C)c1c(O)c(C)c(O)c(C(C)=O)c1O2. The first-order valence-electron chi connectivity index (χ1n) is 8.26. The van der Waals surface area contributed by atoms with Crippen molar-refractivity contribution in [3.63, 3.8) is 0 Å². The summed E-state index contributed by atoms with van der Waals surface area (Å²) in [5.74, 6) is -5.33. The highest BCUT2D eigenvalue weighted by Crippen LogP contribution is 2.62. The highest BCUT2D eigenvalue weighted by atomic mass is 16.7. The Kier molecular flexibility index (Phi) is 3.89. The largest absolute Gasteiger partial charge is 0.510 e. The first-order valence-corrected chi connectivity index (χ1v) is 8.26. The van der Waals surface area contributed by atoms with Crippen molar-refractivity contribution in [3.05, 3.63) is 28.0 Å². The van der Waals surface area contributed by atoms with Crippen LogP contribution in [0, 0.1) is 6.92 Å². The van der Waals surface area contributed by atoms with Crippen molar-refractivity contribution in [2.75, 3.05) is 7.11 Å². The van der Waals surface area contributed by atoms with Crippen molar-refractivity contribution in [1.29, 1.82) is 0 Å². The minimum atomic E-state index is -1.79. The van der Waals surface area contributed by atoms with Gasteiger partial charge >= 0.3 is 0 Å². The van der Waals surface area contributed by atoms with Gasteiger partial charge in [-0.3, -0.25) is 14.4 Å². The van der Waals surface area contributed by atoms with E-state index in [0.29, 0.717) is 0 Å². The smallest absolute Gasteiger partial charge is 0.234 e. The molecule has 2 aliphatic rings.